The van der Waals surface area contributed by atoms with Crippen LogP contribution in [0.5, 0.6) is 5.88 Å². The molecular formula is C22H22N6O4. The molecular weight excluding hydrogens is 412 g/mol. The Kier molecular flexibility index (Phi) is 4.64. The van der Waals surface area contributed by atoms with Gasteiger partial charge in [-0.05, 0) is 24.6 Å². The largest absolute Gasteiger partial charge is 0.474 e. The second-order valence-corrected chi connectivity index (χ2v) is 7.96. The summed E-state index contributed by atoms with van der Waals surface area (Å²) in [6.45, 7) is 3.35. The lowest BCUT2D eigenvalue weighted by Gasteiger charge is -2.28. The van der Waals surface area contributed by atoms with Crippen LogP contribution in [-0.2, 0) is 9.53 Å². The topological polar surface area (TPSA) is 107 Å². The smallest absolute Gasteiger partial charge is 0.231 e. The van der Waals surface area contributed by atoms with Crippen molar-refractivity contribution in [2.75, 3.05) is 37.8 Å². The maximum Gasteiger partial charge on any atom is 0.231 e. The van der Waals surface area contributed by atoms with Crippen LogP contribution in [0.15, 0.2) is 41.1 Å². The summed E-state index contributed by atoms with van der Waals surface area (Å²) in [5.41, 5.74) is 2.17. The van der Waals surface area contributed by atoms with E-state index < -0.39 is 0 Å². The Balaban J connectivity index is 1.32. The quantitative estimate of drug-likeness (QED) is 0.509. The molecule has 2 aliphatic heterocycles. The second kappa shape index (κ2) is 7.79. The van der Waals surface area contributed by atoms with E-state index in [1.54, 1.807) is 23.0 Å². The van der Waals surface area contributed by atoms with E-state index in [1.807, 2.05) is 18.2 Å². The maximum atomic E-state index is 11.4. The van der Waals surface area contributed by atoms with Crippen molar-refractivity contribution in [3.05, 3.63) is 36.7 Å². The molecule has 6 rings (SSSR count). The van der Waals surface area contributed by atoms with Gasteiger partial charge >= 0.3 is 0 Å². The van der Waals surface area contributed by atoms with E-state index in [0.717, 1.165) is 42.0 Å². The first-order valence-corrected chi connectivity index (χ1v) is 10.7. The van der Waals surface area contributed by atoms with Crippen molar-refractivity contribution in [1.29, 1.82) is 0 Å². The lowest BCUT2D eigenvalue weighted by Crippen LogP contribution is -2.36. The average Bonchev–Trinajstić information content (AvgIpc) is 3.55. The molecule has 1 amide bonds. The normalized spacial score (nSPS) is 19.1. The highest BCUT2D eigenvalue weighted by atomic mass is 16.5. The number of carbonyl (C=O) groups is 1. The van der Waals surface area contributed by atoms with Gasteiger partial charge in [0.25, 0.3) is 0 Å². The molecule has 0 radical (unpaired) electrons. The van der Waals surface area contributed by atoms with Gasteiger partial charge in [-0.15, -0.1) is 5.10 Å². The fourth-order valence-electron chi connectivity index (χ4n) is 4.19. The van der Waals surface area contributed by atoms with Crippen LogP contribution in [0.1, 0.15) is 12.8 Å². The van der Waals surface area contributed by atoms with Crippen LogP contribution in [0.2, 0.25) is 0 Å². The molecule has 4 aromatic heterocycles. The number of furan rings is 1. The maximum absolute atomic E-state index is 11.4. The number of amides is 1. The predicted octanol–water partition coefficient (Wildman–Crippen LogP) is 2.03. The van der Waals surface area contributed by atoms with Crippen LogP contribution >= 0.6 is 0 Å². The summed E-state index contributed by atoms with van der Waals surface area (Å²) < 4.78 is 19.2. The minimum atomic E-state index is 0.0173. The zero-order valence-electron chi connectivity index (χ0n) is 17.4. The SMILES string of the molecule is O=C1CC[C@H](COc2ccc3ncc(-c4cc5c(N6CCOCC6)nccc5o4)n3n2)N1. The monoisotopic (exact) mass is 434 g/mol. The highest BCUT2D eigenvalue weighted by Gasteiger charge is 2.22. The number of hydrogen-bond acceptors (Lipinski definition) is 8. The highest BCUT2D eigenvalue weighted by Crippen LogP contribution is 2.33. The summed E-state index contributed by atoms with van der Waals surface area (Å²) >= 11 is 0. The molecule has 10 nitrogen and oxygen atoms in total. The summed E-state index contributed by atoms with van der Waals surface area (Å²) in [7, 11) is 0. The van der Waals surface area contributed by atoms with Crippen LogP contribution in [0, 0.1) is 0 Å². The number of hydrogen-bond donors (Lipinski definition) is 1. The first-order valence-electron chi connectivity index (χ1n) is 10.7. The number of nitrogens with one attached hydrogen (secondary N) is 1. The molecule has 1 N–H and O–H groups in total. The first kappa shape index (κ1) is 19.1. The van der Waals surface area contributed by atoms with Gasteiger partial charge < -0.3 is 24.1 Å². The fraction of sp³-hybridized carbons (Fsp3) is 0.364. The van der Waals surface area contributed by atoms with Gasteiger partial charge in [0.1, 0.15) is 23.7 Å². The molecule has 4 aromatic rings. The van der Waals surface area contributed by atoms with Crippen molar-refractivity contribution in [2.45, 2.75) is 18.9 Å². The predicted molar refractivity (Wildman–Crippen MR) is 116 cm³/mol. The lowest BCUT2D eigenvalue weighted by atomic mass is 10.2. The number of rotatable bonds is 5. The van der Waals surface area contributed by atoms with Crippen molar-refractivity contribution < 1.29 is 18.7 Å². The molecule has 2 aliphatic rings. The number of pyridine rings is 1. The Labute approximate surface area is 183 Å². The van der Waals surface area contributed by atoms with E-state index in [-0.39, 0.29) is 11.9 Å². The molecule has 0 bridgehead atoms. The third kappa shape index (κ3) is 3.42. The molecule has 0 spiro atoms. The number of morpholine rings is 1. The van der Waals surface area contributed by atoms with E-state index in [4.69, 9.17) is 13.9 Å². The molecule has 2 saturated heterocycles. The molecule has 32 heavy (non-hydrogen) atoms. The van der Waals surface area contributed by atoms with Gasteiger partial charge in [0.05, 0.1) is 30.8 Å². The molecule has 6 heterocycles. The first-order chi connectivity index (χ1) is 15.7. The molecule has 0 aromatic carbocycles. The standard InChI is InChI=1S/C22H22N6O4/c29-20-3-1-14(25-20)13-31-21-4-2-19-24-12-16(28(19)26-21)18-11-15-17(32-18)5-6-23-22(15)27-7-9-30-10-8-27/h2,4-6,11-12,14H,1,3,7-10,13H2,(H,25,29)/t14-/m1/s1. The Morgan fingerprint density at radius 2 is 2.09 bits per heavy atom. The van der Waals surface area contributed by atoms with Crippen LogP contribution in [0.25, 0.3) is 28.1 Å². The number of carbonyl (C=O) groups excluding carboxylic acids is 1. The summed E-state index contributed by atoms with van der Waals surface area (Å²) in [5.74, 6) is 2.08. The second-order valence-electron chi connectivity index (χ2n) is 7.96. The van der Waals surface area contributed by atoms with Crippen LogP contribution in [-0.4, -0.2) is 64.4 Å². The van der Waals surface area contributed by atoms with E-state index >= 15 is 0 Å². The van der Waals surface area contributed by atoms with Gasteiger partial charge in [-0.2, -0.15) is 0 Å². The molecule has 2 fully saturated rings. The third-order valence-electron chi connectivity index (χ3n) is 5.84. The minimum Gasteiger partial charge on any atom is -0.474 e. The molecule has 0 unspecified atom stereocenters. The number of ether oxygens (including phenoxy) is 2. The van der Waals surface area contributed by atoms with E-state index in [9.17, 15) is 4.79 Å². The van der Waals surface area contributed by atoms with Gasteiger partial charge in [-0.25, -0.2) is 14.5 Å². The number of imidazole rings is 1. The summed E-state index contributed by atoms with van der Waals surface area (Å²) in [5, 5.41) is 8.44. The Morgan fingerprint density at radius 1 is 1.19 bits per heavy atom. The molecule has 164 valence electrons. The summed E-state index contributed by atoms with van der Waals surface area (Å²) in [6.07, 6.45) is 4.82. The van der Waals surface area contributed by atoms with Gasteiger partial charge in [0.2, 0.25) is 11.8 Å². The highest BCUT2D eigenvalue weighted by molar-refractivity contribution is 5.92. The van der Waals surface area contributed by atoms with Crippen molar-refractivity contribution in [2.24, 2.45) is 0 Å². The van der Waals surface area contributed by atoms with E-state index in [2.05, 4.69) is 25.3 Å². The molecule has 0 saturated carbocycles. The van der Waals surface area contributed by atoms with Crippen LogP contribution < -0.4 is 15.0 Å². The van der Waals surface area contributed by atoms with Gasteiger partial charge in [-0.1, -0.05) is 0 Å². The van der Waals surface area contributed by atoms with Crippen molar-refractivity contribution in [3.8, 4) is 17.3 Å². The fourth-order valence-corrected chi connectivity index (χ4v) is 4.19. The molecule has 10 heteroatoms. The number of nitrogens with zero attached hydrogens (tertiary/aromatic N) is 5. The zero-order valence-corrected chi connectivity index (χ0v) is 17.4. The third-order valence-corrected chi connectivity index (χ3v) is 5.84. The van der Waals surface area contributed by atoms with Crippen LogP contribution in [0.4, 0.5) is 5.82 Å². The van der Waals surface area contributed by atoms with Crippen molar-refractivity contribution >= 4 is 28.3 Å². The van der Waals surface area contributed by atoms with Crippen molar-refractivity contribution in [3.63, 3.8) is 0 Å². The molecule has 0 aliphatic carbocycles. The van der Waals surface area contributed by atoms with E-state index in [1.165, 1.54) is 0 Å². The number of fused-ring (bicyclic) bond motifs is 2. The summed E-state index contributed by atoms with van der Waals surface area (Å²) in [6, 6.07) is 7.50. The van der Waals surface area contributed by atoms with Crippen molar-refractivity contribution in [1.82, 2.24) is 24.9 Å². The Bertz CT molecular complexity index is 1290. The van der Waals surface area contributed by atoms with Gasteiger partial charge in [0, 0.05) is 31.8 Å². The van der Waals surface area contributed by atoms with Gasteiger partial charge in [0.15, 0.2) is 11.4 Å². The van der Waals surface area contributed by atoms with E-state index in [0.29, 0.717) is 43.5 Å². The lowest BCUT2D eigenvalue weighted by molar-refractivity contribution is -0.119. The Hall–Kier alpha value is -3.66. The number of anilines is 1. The Morgan fingerprint density at radius 3 is 2.94 bits per heavy atom. The minimum absolute atomic E-state index is 0.0173. The van der Waals surface area contributed by atoms with Crippen LogP contribution in [0.3, 0.4) is 0 Å². The van der Waals surface area contributed by atoms with Gasteiger partial charge in [-0.3, -0.25) is 4.79 Å². The summed E-state index contributed by atoms with van der Waals surface area (Å²) in [4.78, 5) is 22.6. The number of aromatic nitrogens is 4. The zero-order chi connectivity index (χ0) is 21.5. The molecule has 1 atom stereocenters. The average molecular weight is 434 g/mol.